The van der Waals surface area contributed by atoms with Gasteiger partial charge in [-0.15, -0.1) is 16.9 Å². The fourth-order valence-corrected chi connectivity index (χ4v) is 2.55. The highest BCUT2D eigenvalue weighted by atomic mass is 35.5. The van der Waals surface area contributed by atoms with Crippen molar-refractivity contribution < 1.29 is 4.79 Å². The van der Waals surface area contributed by atoms with Crippen LogP contribution < -0.4 is 5.32 Å². The molecule has 0 fully saturated rings. The average Bonchev–Trinajstić information content (AvgIpc) is 2.98. The van der Waals surface area contributed by atoms with Crippen molar-refractivity contribution in [1.82, 2.24) is 19.7 Å². The third-order valence-corrected chi connectivity index (χ3v) is 4.22. The van der Waals surface area contributed by atoms with Gasteiger partial charge in [0.15, 0.2) is 0 Å². The molecule has 3 aromatic rings. The van der Waals surface area contributed by atoms with E-state index in [-0.39, 0.29) is 5.82 Å². The van der Waals surface area contributed by atoms with E-state index in [1.807, 2.05) is 24.5 Å². The van der Waals surface area contributed by atoms with Crippen LogP contribution in [0.15, 0.2) is 47.5 Å². The van der Waals surface area contributed by atoms with Crippen LogP contribution in [0.5, 0.6) is 0 Å². The molecule has 8 heteroatoms. The average molecular weight is 360 g/mol. The number of carbonyl (C=O) groups excluding carboxylic acids is 1. The molecule has 0 atom stereocenters. The zero-order valence-electron chi connectivity index (χ0n) is 13.0. The van der Waals surface area contributed by atoms with Crippen LogP contribution in [0.25, 0.3) is 5.69 Å². The van der Waals surface area contributed by atoms with Crippen LogP contribution >= 0.6 is 23.4 Å². The standard InChI is InChI=1S/C16H14ClN5OS/c1-10-19-15(21-22(10)12-5-3-11(17)4-6-12)16(23)20-14-8-7-13(24-2)9-18-14/h3-9H,1-2H3,(H,18,20,23). The lowest BCUT2D eigenvalue weighted by atomic mass is 10.3. The zero-order chi connectivity index (χ0) is 17.1. The van der Waals surface area contributed by atoms with Gasteiger partial charge in [0.1, 0.15) is 11.6 Å². The molecule has 0 saturated carbocycles. The minimum Gasteiger partial charge on any atom is -0.304 e. The topological polar surface area (TPSA) is 72.7 Å². The van der Waals surface area contributed by atoms with Gasteiger partial charge in [-0.2, -0.15) is 0 Å². The summed E-state index contributed by atoms with van der Waals surface area (Å²) in [5.41, 5.74) is 0.783. The monoisotopic (exact) mass is 359 g/mol. The zero-order valence-corrected chi connectivity index (χ0v) is 14.6. The maximum atomic E-state index is 12.3. The van der Waals surface area contributed by atoms with Gasteiger partial charge in [-0.25, -0.2) is 14.6 Å². The first kappa shape index (κ1) is 16.5. The summed E-state index contributed by atoms with van der Waals surface area (Å²) < 4.78 is 1.59. The number of pyridine rings is 1. The van der Waals surface area contributed by atoms with Crippen LogP contribution in [0.4, 0.5) is 5.82 Å². The first-order chi connectivity index (χ1) is 11.6. The van der Waals surface area contributed by atoms with Crippen LogP contribution in [0.1, 0.15) is 16.4 Å². The number of anilines is 1. The van der Waals surface area contributed by atoms with Crippen LogP contribution in [0, 0.1) is 6.92 Å². The van der Waals surface area contributed by atoms with Crippen LogP contribution in [0.3, 0.4) is 0 Å². The Balaban J connectivity index is 1.80. The highest BCUT2D eigenvalue weighted by Crippen LogP contribution is 2.16. The first-order valence-corrected chi connectivity index (χ1v) is 8.68. The molecule has 1 aromatic carbocycles. The van der Waals surface area contributed by atoms with Gasteiger partial charge in [0, 0.05) is 16.1 Å². The Morgan fingerprint density at radius 3 is 2.58 bits per heavy atom. The quantitative estimate of drug-likeness (QED) is 0.720. The van der Waals surface area contributed by atoms with Crippen LogP contribution in [0.2, 0.25) is 5.02 Å². The summed E-state index contributed by atoms with van der Waals surface area (Å²) in [5, 5.41) is 7.58. The minimum absolute atomic E-state index is 0.0817. The fraction of sp³-hybridized carbons (Fsp3) is 0.125. The van der Waals surface area contributed by atoms with E-state index in [4.69, 9.17) is 11.6 Å². The van der Waals surface area contributed by atoms with E-state index in [2.05, 4.69) is 20.4 Å². The van der Waals surface area contributed by atoms with Crippen molar-refractivity contribution in [1.29, 1.82) is 0 Å². The van der Waals surface area contributed by atoms with Crippen molar-refractivity contribution in [3.63, 3.8) is 0 Å². The summed E-state index contributed by atoms with van der Waals surface area (Å²) in [5.74, 6) is 0.736. The van der Waals surface area contributed by atoms with Crippen molar-refractivity contribution in [2.75, 3.05) is 11.6 Å². The molecule has 6 nitrogen and oxygen atoms in total. The number of halogens is 1. The number of benzene rings is 1. The van der Waals surface area contributed by atoms with Gasteiger partial charge in [0.25, 0.3) is 5.91 Å². The van der Waals surface area contributed by atoms with E-state index < -0.39 is 5.91 Å². The predicted octanol–water partition coefficient (Wildman–Crippen LogP) is 3.60. The maximum Gasteiger partial charge on any atom is 0.296 e. The van der Waals surface area contributed by atoms with Crippen LogP contribution in [-0.4, -0.2) is 31.9 Å². The summed E-state index contributed by atoms with van der Waals surface area (Å²) in [7, 11) is 0. The van der Waals surface area contributed by atoms with E-state index in [1.165, 1.54) is 0 Å². The Bertz CT molecular complexity index is 861. The second-order valence-corrected chi connectivity index (χ2v) is 6.22. The molecule has 0 aliphatic heterocycles. The Morgan fingerprint density at radius 2 is 1.96 bits per heavy atom. The summed E-state index contributed by atoms with van der Waals surface area (Å²) >= 11 is 7.47. The summed E-state index contributed by atoms with van der Waals surface area (Å²) in [6, 6.07) is 10.8. The van der Waals surface area contributed by atoms with Gasteiger partial charge >= 0.3 is 0 Å². The van der Waals surface area contributed by atoms with E-state index in [1.54, 1.807) is 47.8 Å². The molecule has 122 valence electrons. The number of nitrogens with one attached hydrogen (secondary N) is 1. The third-order valence-electron chi connectivity index (χ3n) is 3.26. The molecule has 1 amide bonds. The van der Waals surface area contributed by atoms with Crippen molar-refractivity contribution in [3.05, 3.63) is 59.3 Å². The number of aromatic nitrogens is 4. The van der Waals surface area contributed by atoms with E-state index in [0.717, 1.165) is 10.6 Å². The number of thioether (sulfide) groups is 1. The highest BCUT2D eigenvalue weighted by Gasteiger charge is 2.16. The number of amides is 1. The molecule has 0 bridgehead atoms. The summed E-state index contributed by atoms with van der Waals surface area (Å²) in [4.78, 5) is 21.7. The van der Waals surface area contributed by atoms with Crippen molar-refractivity contribution in [2.24, 2.45) is 0 Å². The van der Waals surface area contributed by atoms with Crippen molar-refractivity contribution >= 4 is 35.1 Å². The minimum atomic E-state index is -0.407. The molecule has 0 spiro atoms. The van der Waals surface area contributed by atoms with Gasteiger partial charge in [0.05, 0.1) is 5.69 Å². The molecule has 3 rings (SSSR count). The number of hydrogen-bond donors (Lipinski definition) is 1. The second kappa shape index (κ2) is 7.02. The Morgan fingerprint density at radius 1 is 1.21 bits per heavy atom. The highest BCUT2D eigenvalue weighted by molar-refractivity contribution is 7.98. The molecular formula is C16H14ClN5OS. The normalized spacial score (nSPS) is 10.6. The largest absolute Gasteiger partial charge is 0.304 e. The Labute approximate surface area is 148 Å². The van der Waals surface area contributed by atoms with Crippen LogP contribution in [-0.2, 0) is 0 Å². The molecule has 0 aliphatic rings. The van der Waals surface area contributed by atoms with E-state index in [0.29, 0.717) is 16.7 Å². The number of hydrogen-bond acceptors (Lipinski definition) is 5. The number of aryl methyl sites for hydroxylation is 1. The SMILES string of the molecule is CSc1ccc(NC(=O)c2nc(C)n(-c3ccc(Cl)cc3)n2)nc1. The fourth-order valence-electron chi connectivity index (χ4n) is 2.06. The third kappa shape index (κ3) is 3.58. The Kier molecular flexibility index (Phi) is 4.82. The maximum absolute atomic E-state index is 12.3. The Hall–Kier alpha value is -2.38. The van der Waals surface area contributed by atoms with Gasteiger partial charge in [0.2, 0.25) is 5.82 Å². The van der Waals surface area contributed by atoms with Crippen molar-refractivity contribution in [3.8, 4) is 5.69 Å². The molecule has 1 N–H and O–H groups in total. The number of rotatable bonds is 4. The van der Waals surface area contributed by atoms with Gasteiger partial charge in [-0.05, 0) is 49.6 Å². The molecule has 24 heavy (non-hydrogen) atoms. The van der Waals surface area contributed by atoms with Crippen molar-refractivity contribution in [2.45, 2.75) is 11.8 Å². The molecule has 0 saturated heterocycles. The van der Waals surface area contributed by atoms with Gasteiger partial charge in [-0.1, -0.05) is 11.6 Å². The predicted molar refractivity (Wildman–Crippen MR) is 95.1 cm³/mol. The smallest absolute Gasteiger partial charge is 0.296 e. The lowest BCUT2D eigenvalue weighted by Crippen LogP contribution is -2.15. The summed E-state index contributed by atoms with van der Waals surface area (Å²) in [6.45, 7) is 1.78. The number of carbonyl (C=O) groups is 1. The molecule has 0 aliphatic carbocycles. The number of nitrogens with zero attached hydrogens (tertiary/aromatic N) is 4. The van der Waals surface area contributed by atoms with E-state index in [9.17, 15) is 4.79 Å². The lowest BCUT2D eigenvalue weighted by Gasteiger charge is -2.03. The lowest BCUT2D eigenvalue weighted by molar-refractivity contribution is 0.101. The van der Waals surface area contributed by atoms with E-state index >= 15 is 0 Å². The summed E-state index contributed by atoms with van der Waals surface area (Å²) in [6.07, 6.45) is 3.66. The van der Waals surface area contributed by atoms with Gasteiger partial charge < -0.3 is 5.32 Å². The first-order valence-electron chi connectivity index (χ1n) is 7.08. The second-order valence-electron chi connectivity index (χ2n) is 4.91. The molecule has 0 radical (unpaired) electrons. The molecule has 2 aromatic heterocycles. The van der Waals surface area contributed by atoms with Gasteiger partial charge in [-0.3, -0.25) is 4.79 Å². The molecular weight excluding hydrogens is 346 g/mol. The molecule has 2 heterocycles. The molecule has 0 unspecified atom stereocenters.